The van der Waals surface area contributed by atoms with Gasteiger partial charge in [-0.15, -0.1) is 11.6 Å². The first-order valence-corrected chi connectivity index (χ1v) is 5.67. The Balaban J connectivity index is 2.77. The van der Waals surface area contributed by atoms with E-state index in [9.17, 15) is 9.50 Å². The van der Waals surface area contributed by atoms with E-state index in [-0.39, 0.29) is 5.82 Å². The second-order valence-corrected chi connectivity index (χ2v) is 4.31. The molecule has 78 valence electrons. The molecule has 0 aliphatic carbocycles. The topological polar surface area (TPSA) is 20.2 Å². The van der Waals surface area contributed by atoms with Crippen molar-refractivity contribution in [3.63, 3.8) is 0 Å². The smallest absolute Gasteiger partial charge is 0.129 e. The summed E-state index contributed by atoms with van der Waals surface area (Å²) in [7, 11) is 0. The molecule has 0 saturated carbocycles. The Kier molecular flexibility index (Phi) is 4.85. The lowest BCUT2D eigenvalue weighted by atomic mass is 10.1. The standard InChI is InChI=1S/C10H11BrClFO/c11-7-3-4-9(13)8(6-7)10(14)2-1-5-12/h3-4,6,10,14H,1-2,5H2. The first-order valence-electron chi connectivity index (χ1n) is 4.34. The summed E-state index contributed by atoms with van der Waals surface area (Å²) >= 11 is 8.72. The van der Waals surface area contributed by atoms with Gasteiger partial charge in [-0.3, -0.25) is 0 Å². The highest BCUT2D eigenvalue weighted by Crippen LogP contribution is 2.24. The van der Waals surface area contributed by atoms with Crippen LogP contribution < -0.4 is 0 Å². The van der Waals surface area contributed by atoms with Gasteiger partial charge in [-0.05, 0) is 31.0 Å². The molecule has 0 aromatic heterocycles. The number of hydrogen-bond donors (Lipinski definition) is 1. The van der Waals surface area contributed by atoms with Crippen LogP contribution in [0.1, 0.15) is 24.5 Å². The van der Waals surface area contributed by atoms with E-state index in [1.807, 2.05) is 0 Å². The average molecular weight is 282 g/mol. The molecule has 0 radical (unpaired) electrons. The minimum atomic E-state index is -0.772. The number of rotatable bonds is 4. The molecule has 1 unspecified atom stereocenters. The third kappa shape index (κ3) is 3.23. The molecule has 1 aromatic carbocycles. The fraction of sp³-hybridized carbons (Fsp3) is 0.400. The van der Waals surface area contributed by atoms with Crippen LogP contribution in [0.2, 0.25) is 0 Å². The van der Waals surface area contributed by atoms with Crippen molar-refractivity contribution >= 4 is 27.5 Å². The molecule has 1 N–H and O–H groups in total. The van der Waals surface area contributed by atoms with Gasteiger partial charge in [-0.1, -0.05) is 15.9 Å². The van der Waals surface area contributed by atoms with Gasteiger partial charge in [0.15, 0.2) is 0 Å². The first-order chi connectivity index (χ1) is 6.65. The number of hydrogen-bond acceptors (Lipinski definition) is 1. The maximum Gasteiger partial charge on any atom is 0.129 e. The molecular formula is C10H11BrClFO. The Morgan fingerprint density at radius 3 is 2.86 bits per heavy atom. The van der Waals surface area contributed by atoms with E-state index in [2.05, 4.69) is 15.9 Å². The second-order valence-electron chi connectivity index (χ2n) is 3.01. The van der Waals surface area contributed by atoms with Gasteiger partial charge in [-0.2, -0.15) is 0 Å². The molecule has 0 bridgehead atoms. The second kappa shape index (κ2) is 5.69. The van der Waals surface area contributed by atoms with Gasteiger partial charge in [0.1, 0.15) is 5.82 Å². The highest BCUT2D eigenvalue weighted by atomic mass is 79.9. The Hall–Kier alpha value is -0.120. The maximum absolute atomic E-state index is 13.2. The largest absolute Gasteiger partial charge is 0.388 e. The molecule has 4 heteroatoms. The predicted octanol–water partition coefficient (Wildman–Crippen LogP) is 3.64. The summed E-state index contributed by atoms with van der Waals surface area (Å²) in [6.07, 6.45) is 0.386. The summed E-state index contributed by atoms with van der Waals surface area (Å²) in [5, 5.41) is 9.64. The minimum Gasteiger partial charge on any atom is -0.388 e. The van der Waals surface area contributed by atoms with Crippen molar-refractivity contribution in [1.82, 2.24) is 0 Å². The molecule has 0 heterocycles. The van der Waals surface area contributed by atoms with Crippen LogP contribution in [0.15, 0.2) is 22.7 Å². The molecular weight excluding hydrogens is 270 g/mol. The van der Waals surface area contributed by atoms with Crippen LogP contribution in [0, 0.1) is 5.82 Å². The molecule has 1 atom stereocenters. The highest BCUT2D eigenvalue weighted by Gasteiger charge is 2.12. The average Bonchev–Trinajstić information content (AvgIpc) is 2.18. The van der Waals surface area contributed by atoms with E-state index in [4.69, 9.17) is 11.6 Å². The lowest BCUT2D eigenvalue weighted by Crippen LogP contribution is -2.01. The molecule has 1 rings (SSSR count). The minimum absolute atomic E-state index is 0.324. The van der Waals surface area contributed by atoms with Crippen molar-refractivity contribution in [2.45, 2.75) is 18.9 Å². The quantitative estimate of drug-likeness (QED) is 0.836. The molecule has 1 aromatic rings. The van der Waals surface area contributed by atoms with E-state index in [0.717, 1.165) is 4.47 Å². The van der Waals surface area contributed by atoms with Crippen molar-refractivity contribution in [2.75, 3.05) is 5.88 Å². The van der Waals surface area contributed by atoms with Crippen LogP contribution in [0.3, 0.4) is 0 Å². The van der Waals surface area contributed by atoms with Crippen molar-refractivity contribution in [3.05, 3.63) is 34.1 Å². The summed E-state index contributed by atoms with van der Waals surface area (Å²) in [4.78, 5) is 0. The zero-order chi connectivity index (χ0) is 10.6. The van der Waals surface area contributed by atoms with Gasteiger partial charge in [-0.25, -0.2) is 4.39 Å². The normalized spacial score (nSPS) is 12.9. The fourth-order valence-electron chi connectivity index (χ4n) is 1.20. The highest BCUT2D eigenvalue weighted by molar-refractivity contribution is 9.10. The van der Waals surface area contributed by atoms with Crippen molar-refractivity contribution in [2.24, 2.45) is 0 Å². The van der Waals surface area contributed by atoms with Gasteiger partial charge in [0.05, 0.1) is 6.10 Å². The fourth-order valence-corrected chi connectivity index (χ4v) is 1.73. The number of halogens is 3. The SMILES string of the molecule is OC(CCCCl)c1cc(Br)ccc1F. The number of benzene rings is 1. The molecule has 0 aliphatic heterocycles. The van der Waals surface area contributed by atoms with Gasteiger partial charge in [0.2, 0.25) is 0 Å². The third-order valence-corrected chi connectivity index (χ3v) is 2.69. The lowest BCUT2D eigenvalue weighted by molar-refractivity contribution is 0.162. The van der Waals surface area contributed by atoms with Crippen LogP contribution in [-0.4, -0.2) is 11.0 Å². The van der Waals surface area contributed by atoms with Crippen LogP contribution in [-0.2, 0) is 0 Å². The number of alkyl halides is 1. The van der Waals surface area contributed by atoms with Crippen LogP contribution in [0.25, 0.3) is 0 Å². The Bertz CT molecular complexity index is 306. The van der Waals surface area contributed by atoms with Crippen LogP contribution >= 0.6 is 27.5 Å². The van der Waals surface area contributed by atoms with E-state index in [0.29, 0.717) is 24.3 Å². The summed E-state index contributed by atoms with van der Waals surface area (Å²) in [6.45, 7) is 0. The van der Waals surface area contributed by atoms with Gasteiger partial charge in [0, 0.05) is 15.9 Å². The van der Waals surface area contributed by atoms with Gasteiger partial charge in [0.25, 0.3) is 0 Å². The summed E-state index contributed by atoms with van der Waals surface area (Å²) in [6, 6.07) is 4.53. The number of aliphatic hydroxyl groups excluding tert-OH is 1. The number of aliphatic hydroxyl groups is 1. The van der Waals surface area contributed by atoms with Crippen LogP contribution in [0.4, 0.5) is 4.39 Å². The lowest BCUT2D eigenvalue weighted by Gasteiger charge is -2.11. The third-order valence-electron chi connectivity index (χ3n) is 1.93. The maximum atomic E-state index is 13.2. The molecule has 0 fully saturated rings. The van der Waals surface area contributed by atoms with Gasteiger partial charge >= 0.3 is 0 Å². The van der Waals surface area contributed by atoms with E-state index in [1.54, 1.807) is 12.1 Å². The monoisotopic (exact) mass is 280 g/mol. The van der Waals surface area contributed by atoms with Gasteiger partial charge < -0.3 is 5.11 Å². The molecule has 0 aliphatic rings. The van der Waals surface area contributed by atoms with E-state index in [1.165, 1.54) is 6.07 Å². The summed E-state index contributed by atoms with van der Waals surface area (Å²) in [5.74, 6) is 0.0995. The van der Waals surface area contributed by atoms with E-state index < -0.39 is 6.10 Å². The van der Waals surface area contributed by atoms with Crippen LogP contribution in [0.5, 0.6) is 0 Å². The van der Waals surface area contributed by atoms with Crippen molar-refractivity contribution in [3.8, 4) is 0 Å². The van der Waals surface area contributed by atoms with Crippen molar-refractivity contribution < 1.29 is 9.50 Å². The van der Waals surface area contributed by atoms with E-state index >= 15 is 0 Å². The predicted molar refractivity (Wildman–Crippen MR) is 59.0 cm³/mol. The molecule has 0 saturated heterocycles. The zero-order valence-electron chi connectivity index (χ0n) is 7.51. The Labute approximate surface area is 96.0 Å². The molecule has 14 heavy (non-hydrogen) atoms. The molecule has 0 amide bonds. The molecule has 1 nitrogen and oxygen atoms in total. The first kappa shape index (κ1) is 12.0. The van der Waals surface area contributed by atoms with Crippen molar-refractivity contribution in [1.29, 1.82) is 0 Å². The Morgan fingerprint density at radius 1 is 1.50 bits per heavy atom. The zero-order valence-corrected chi connectivity index (χ0v) is 9.85. The Morgan fingerprint density at radius 2 is 2.21 bits per heavy atom. The summed E-state index contributed by atoms with van der Waals surface area (Å²) in [5.41, 5.74) is 0.324. The molecule has 0 spiro atoms. The summed E-state index contributed by atoms with van der Waals surface area (Å²) < 4.78 is 14.0.